The molecule has 0 heterocycles. The minimum absolute atomic E-state index is 0.0245. The SMILES string of the molecule is CCC(CC)CCC(=O)O[SiH3]. The van der Waals surface area contributed by atoms with Gasteiger partial charge in [-0.15, -0.1) is 0 Å². The van der Waals surface area contributed by atoms with Crippen molar-refractivity contribution < 1.29 is 9.22 Å². The minimum atomic E-state index is -0.0245. The molecule has 0 spiro atoms. The molecular weight excluding hydrogens is 156 g/mol. The standard InChI is InChI=1S/C8H18O2Si/c1-3-7(4-2)5-6-8(9)10-11/h7H,3-6H2,1-2,11H3. The van der Waals surface area contributed by atoms with Crippen molar-refractivity contribution in [1.29, 1.82) is 0 Å². The summed E-state index contributed by atoms with van der Waals surface area (Å²) in [4.78, 5) is 10.8. The molecule has 0 saturated carbocycles. The fraction of sp³-hybridized carbons (Fsp3) is 0.875. The topological polar surface area (TPSA) is 26.3 Å². The van der Waals surface area contributed by atoms with Crippen molar-refractivity contribution in [3.63, 3.8) is 0 Å². The lowest BCUT2D eigenvalue weighted by atomic mass is 9.98. The Labute approximate surface area is 71.9 Å². The lowest BCUT2D eigenvalue weighted by Crippen LogP contribution is -2.05. The van der Waals surface area contributed by atoms with Crippen molar-refractivity contribution in [1.82, 2.24) is 0 Å². The summed E-state index contributed by atoms with van der Waals surface area (Å²) in [6, 6.07) is 0. The van der Waals surface area contributed by atoms with Crippen LogP contribution in [0.2, 0.25) is 0 Å². The highest BCUT2D eigenvalue weighted by atomic mass is 28.2. The second-order valence-electron chi connectivity index (χ2n) is 2.80. The van der Waals surface area contributed by atoms with Crippen LogP contribution in [-0.2, 0) is 9.22 Å². The van der Waals surface area contributed by atoms with Gasteiger partial charge < -0.3 is 4.43 Å². The van der Waals surface area contributed by atoms with Crippen molar-refractivity contribution in [3.8, 4) is 0 Å². The molecule has 0 amide bonds. The van der Waals surface area contributed by atoms with Gasteiger partial charge in [0.05, 0.1) is 0 Å². The lowest BCUT2D eigenvalue weighted by molar-refractivity contribution is -0.134. The molecule has 2 nitrogen and oxygen atoms in total. The zero-order chi connectivity index (χ0) is 8.69. The summed E-state index contributed by atoms with van der Waals surface area (Å²) in [7, 11) is 0.536. The molecule has 0 aliphatic carbocycles. The maximum atomic E-state index is 10.8. The molecule has 0 N–H and O–H groups in total. The molecule has 0 aliphatic rings. The smallest absolute Gasteiger partial charge is 0.291 e. The number of carbonyl (C=O) groups excluding carboxylic acids is 1. The summed E-state index contributed by atoms with van der Waals surface area (Å²) < 4.78 is 4.69. The molecule has 3 heteroatoms. The molecule has 0 unspecified atom stereocenters. The van der Waals surface area contributed by atoms with Gasteiger partial charge in [-0.2, -0.15) is 0 Å². The van der Waals surface area contributed by atoms with Crippen molar-refractivity contribution in [2.75, 3.05) is 0 Å². The van der Waals surface area contributed by atoms with Gasteiger partial charge in [-0.1, -0.05) is 26.7 Å². The number of hydrogen-bond donors (Lipinski definition) is 0. The predicted octanol–water partition coefficient (Wildman–Crippen LogP) is 1.03. The fourth-order valence-corrected chi connectivity index (χ4v) is 1.33. The number of hydrogen-bond acceptors (Lipinski definition) is 2. The van der Waals surface area contributed by atoms with E-state index in [0.29, 0.717) is 22.8 Å². The third kappa shape index (κ3) is 5.01. The van der Waals surface area contributed by atoms with Crippen LogP contribution in [0.3, 0.4) is 0 Å². The highest BCUT2D eigenvalue weighted by Crippen LogP contribution is 2.14. The van der Waals surface area contributed by atoms with E-state index in [1.54, 1.807) is 0 Å². The first kappa shape index (κ1) is 10.7. The van der Waals surface area contributed by atoms with Crippen LogP contribution in [0.5, 0.6) is 0 Å². The molecule has 0 atom stereocenters. The summed E-state index contributed by atoms with van der Waals surface area (Å²) in [6.07, 6.45) is 3.94. The van der Waals surface area contributed by atoms with Crippen molar-refractivity contribution in [2.24, 2.45) is 5.92 Å². The quantitative estimate of drug-likeness (QED) is 0.582. The van der Waals surface area contributed by atoms with Gasteiger partial charge >= 0.3 is 0 Å². The molecule has 0 saturated heterocycles. The fourth-order valence-electron chi connectivity index (χ4n) is 1.12. The number of rotatable bonds is 5. The molecule has 0 bridgehead atoms. The van der Waals surface area contributed by atoms with E-state index in [2.05, 4.69) is 18.3 Å². The first-order chi connectivity index (χ1) is 5.24. The molecule has 0 aromatic carbocycles. The lowest BCUT2D eigenvalue weighted by Gasteiger charge is -2.10. The van der Waals surface area contributed by atoms with E-state index in [0.717, 1.165) is 6.42 Å². The second-order valence-corrected chi connectivity index (χ2v) is 3.21. The van der Waals surface area contributed by atoms with E-state index in [9.17, 15) is 4.79 Å². The van der Waals surface area contributed by atoms with Crippen LogP contribution < -0.4 is 0 Å². The van der Waals surface area contributed by atoms with Crippen molar-refractivity contribution in [2.45, 2.75) is 39.5 Å². The van der Waals surface area contributed by atoms with E-state index in [-0.39, 0.29) is 5.97 Å². The van der Waals surface area contributed by atoms with Gasteiger partial charge in [0, 0.05) is 6.42 Å². The average Bonchev–Trinajstić information content (AvgIpc) is 2.06. The van der Waals surface area contributed by atoms with Crippen molar-refractivity contribution in [3.05, 3.63) is 0 Å². The Hall–Kier alpha value is -0.313. The summed E-state index contributed by atoms with van der Waals surface area (Å²) in [5.41, 5.74) is 0. The van der Waals surface area contributed by atoms with Gasteiger partial charge in [-0.05, 0) is 12.3 Å². The molecule has 0 radical (unpaired) electrons. The second kappa shape index (κ2) is 6.40. The van der Waals surface area contributed by atoms with Crippen LogP contribution in [-0.4, -0.2) is 16.5 Å². The molecule has 0 aromatic rings. The maximum Gasteiger partial charge on any atom is 0.291 e. The molecule has 0 rings (SSSR count). The Morgan fingerprint density at radius 2 is 2.00 bits per heavy atom. The monoisotopic (exact) mass is 174 g/mol. The third-order valence-corrected chi connectivity index (χ3v) is 2.59. The van der Waals surface area contributed by atoms with Gasteiger partial charge in [0.2, 0.25) is 10.5 Å². The van der Waals surface area contributed by atoms with Gasteiger partial charge in [-0.3, -0.25) is 4.79 Å². The molecule has 0 fully saturated rings. The Balaban J connectivity index is 3.42. The zero-order valence-corrected chi connectivity index (χ0v) is 9.72. The Bertz CT molecular complexity index is 111. The minimum Gasteiger partial charge on any atom is -0.529 e. The number of carbonyl (C=O) groups is 1. The van der Waals surface area contributed by atoms with Crippen LogP contribution >= 0.6 is 0 Å². The van der Waals surface area contributed by atoms with Gasteiger partial charge in [0.25, 0.3) is 5.97 Å². The van der Waals surface area contributed by atoms with Gasteiger partial charge in [0.15, 0.2) is 0 Å². The molecule has 11 heavy (non-hydrogen) atoms. The highest BCUT2D eigenvalue weighted by molar-refractivity contribution is 6.05. The molecule has 66 valence electrons. The summed E-state index contributed by atoms with van der Waals surface area (Å²) >= 11 is 0. The molecular formula is C8H18O2Si. The van der Waals surface area contributed by atoms with Crippen LogP contribution in [0.25, 0.3) is 0 Å². The average molecular weight is 174 g/mol. The van der Waals surface area contributed by atoms with E-state index in [4.69, 9.17) is 0 Å². The predicted molar refractivity (Wildman–Crippen MR) is 49.3 cm³/mol. The van der Waals surface area contributed by atoms with E-state index in [1.807, 2.05) is 0 Å². The van der Waals surface area contributed by atoms with Crippen LogP contribution in [0.4, 0.5) is 0 Å². The Morgan fingerprint density at radius 3 is 2.36 bits per heavy atom. The third-order valence-electron chi connectivity index (χ3n) is 2.14. The van der Waals surface area contributed by atoms with Crippen LogP contribution in [0.1, 0.15) is 39.5 Å². The highest BCUT2D eigenvalue weighted by Gasteiger charge is 2.06. The Kier molecular flexibility index (Phi) is 6.22. The first-order valence-corrected chi connectivity index (χ1v) is 5.13. The molecule has 0 aliphatic heterocycles. The summed E-state index contributed by atoms with van der Waals surface area (Å²) in [6.45, 7) is 4.33. The zero-order valence-electron chi connectivity index (χ0n) is 7.72. The van der Waals surface area contributed by atoms with E-state index in [1.165, 1.54) is 12.8 Å². The van der Waals surface area contributed by atoms with E-state index < -0.39 is 0 Å². The van der Waals surface area contributed by atoms with Gasteiger partial charge in [-0.25, -0.2) is 0 Å². The van der Waals surface area contributed by atoms with Gasteiger partial charge in [0.1, 0.15) is 0 Å². The Morgan fingerprint density at radius 1 is 1.45 bits per heavy atom. The van der Waals surface area contributed by atoms with Crippen LogP contribution in [0.15, 0.2) is 0 Å². The van der Waals surface area contributed by atoms with Crippen molar-refractivity contribution >= 4 is 16.5 Å². The largest absolute Gasteiger partial charge is 0.529 e. The summed E-state index contributed by atoms with van der Waals surface area (Å²) in [5, 5.41) is 0. The van der Waals surface area contributed by atoms with Crippen LogP contribution in [0, 0.1) is 5.92 Å². The first-order valence-electron chi connectivity index (χ1n) is 4.31. The van der Waals surface area contributed by atoms with E-state index >= 15 is 0 Å². The molecule has 0 aromatic heterocycles. The normalized spacial score (nSPS) is 10.5. The summed E-state index contributed by atoms with van der Waals surface area (Å²) in [5.74, 6) is 0.680. The maximum absolute atomic E-state index is 10.8.